The van der Waals surface area contributed by atoms with Crippen LogP contribution in [-0.4, -0.2) is 52.2 Å². The first-order valence-corrected chi connectivity index (χ1v) is 11.9. The van der Waals surface area contributed by atoms with E-state index in [4.69, 9.17) is 0 Å². The van der Waals surface area contributed by atoms with Gasteiger partial charge in [0.1, 0.15) is 0 Å². The summed E-state index contributed by atoms with van der Waals surface area (Å²) in [6.07, 6.45) is 1.97. The Kier molecular flexibility index (Phi) is 8.07. The van der Waals surface area contributed by atoms with Gasteiger partial charge in [0.2, 0.25) is 5.91 Å². The molecule has 2 rings (SSSR count). The SMILES string of the molecule is CCNC(=NCCS(=O)(=O)c1ccc(C(C)(C)C)cc1)NCCNC(=O)C1CC1. The molecule has 7 nitrogen and oxygen atoms in total. The third-order valence-corrected chi connectivity index (χ3v) is 6.43. The molecule has 0 saturated heterocycles. The predicted octanol–water partition coefficient (Wildman–Crippen LogP) is 1.84. The number of sulfone groups is 1. The summed E-state index contributed by atoms with van der Waals surface area (Å²) in [6.45, 7) is 10.1. The lowest BCUT2D eigenvalue weighted by atomic mass is 9.87. The molecule has 1 aromatic rings. The van der Waals surface area contributed by atoms with Gasteiger partial charge < -0.3 is 16.0 Å². The van der Waals surface area contributed by atoms with Crippen LogP contribution in [0.5, 0.6) is 0 Å². The van der Waals surface area contributed by atoms with E-state index >= 15 is 0 Å². The van der Waals surface area contributed by atoms with E-state index in [1.807, 2.05) is 19.1 Å². The molecule has 0 atom stereocenters. The van der Waals surface area contributed by atoms with Crippen molar-refractivity contribution in [3.05, 3.63) is 29.8 Å². The zero-order chi connectivity index (χ0) is 21.5. The number of guanidine groups is 1. The Labute approximate surface area is 174 Å². The van der Waals surface area contributed by atoms with Crippen molar-refractivity contribution in [3.8, 4) is 0 Å². The van der Waals surface area contributed by atoms with Gasteiger partial charge >= 0.3 is 0 Å². The molecule has 1 aromatic carbocycles. The highest BCUT2D eigenvalue weighted by atomic mass is 32.2. The molecule has 0 heterocycles. The van der Waals surface area contributed by atoms with Crippen LogP contribution in [0.4, 0.5) is 0 Å². The summed E-state index contributed by atoms with van der Waals surface area (Å²) in [4.78, 5) is 16.3. The zero-order valence-electron chi connectivity index (χ0n) is 17.9. The molecule has 0 spiro atoms. The number of nitrogens with one attached hydrogen (secondary N) is 3. The van der Waals surface area contributed by atoms with Gasteiger partial charge in [-0.2, -0.15) is 0 Å². The van der Waals surface area contributed by atoms with Crippen LogP contribution in [0.2, 0.25) is 0 Å². The van der Waals surface area contributed by atoms with Crippen molar-refractivity contribution in [2.24, 2.45) is 10.9 Å². The van der Waals surface area contributed by atoms with E-state index in [-0.39, 0.29) is 29.5 Å². The van der Waals surface area contributed by atoms with Gasteiger partial charge in [-0.25, -0.2) is 8.42 Å². The van der Waals surface area contributed by atoms with Crippen molar-refractivity contribution >= 4 is 21.7 Å². The highest BCUT2D eigenvalue weighted by molar-refractivity contribution is 7.91. The summed E-state index contributed by atoms with van der Waals surface area (Å²) in [7, 11) is -3.39. The number of amides is 1. The van der Waals surface area contributed by atoms with Crippen LogP contribution >= 0.6 is 0 Å². The van der Waals surface area contributed by atoms with Crippen LogP contribution in [0.3, 0.4) is 0 Å². The Bertz CT molecular complexity index is 807. The van der Waals surface area contributed by atoms with Crippen LogP contribution in [0.25, 0.3) is 0 Å². The normalized spacial score (nSPS) is 15.1. The monoisotopic (exact) mass is 422 g/mol. The minimum atomic E-state index is -3.39. The Hall–Kier alpha value is -2.09. The van der Waals surface area contributed by atoms with E-state index in [0.29, 0.717) is 30.5 Å². The van der Waals surface area contributed by atoms with Gasteiger partial charge in [-0.1, -0.05) is 32.9 Å². The fourth-order valence-corrected chi connectivity index (χ4v) is 3.87. The first-order valence-electron chi connectivity index (χ1n) is 10.3. The number of benzene rings is 1. The molecule has 0 aliphatic heterocycles. The highest BCUT2D eigenvalue weighted by Gasteiger charge is 2.29. The second-order valence-electron chi connectivity index (χ2n) is 8.35. The van der Waals surface area contributed by atoms with E-state index in [9.17, 15) is 13.2 Å². The topological polar surface area (TPSA) is 99.7 Å². The van der Waals surface area contributed by atoms with Crippen molar-refractivity contribution in [3.63, 3.8) is 0 Å². The van der Waals surface area contributed by atoms with E-state index < -0.39 is 9.84 Å². The summed E-state index contributed by atoms with van der Waals surface area (Å²) in [5.41, 5.74) is 1.08. The number of carbonyl (C=O) groups excluding carboxylic acids is 1. The second-order valence-corrected chi connectivity index (χ2v) is 10.5. The summed E-state index contributed by atoms with van der Waals surface area (Å²) < 4.78 is 25.2. The largest absolute Gasteiger partial charge is 0.357 e. The van der Waals surface area contributed by atoms with Crippen LogP contribution in [0, 0.1) is 5.92 Å². The smallest absolute Gasteiger partial charge is 0.223 e. The van der Waals surface area contributed by atoms with E-state index in [2.05, 4.69) is 41.7 Å². The van der Waals surface area contributed by atoms with Gasteiger partial charge in [0, 0.05) is 25.6 Å². The first-order chi connectivity index (χ1) is 13.6. The lowest BCUT2D eigenvalue weighted by molar-refractivity contribution is -0.122. The van der Waals surface area contributed by atoms with Gasteiger partial charge in [-0.15, -0.1) is 0 Å². The molecule has 0 aromatic heterocycles. The Balaban J connectivity index is 1.85. The van der Waals surface area contributed by atoms with Gasteiger partial charge in [0.15, 0.2) is 15.8 Å². The molecule has 29 heavy (non-hydrogen) atoms. The summed E-state index contributed by atoms with van der Waals surface area (Å²) in [5, 5.41) is 9.08. The molecule has 162 valence electrons. The quantitative estimate of drug-likeness (QED) is 0.320. The van der Waals surface area contributed by atoms with Crippen LogP contribution < -0.4 is 16.0 Å². The van der Waals surface area contributed by atoms with Gasteiger partial charge in [-0.3, -0.25) is 9.79 Å². The number of carbonyl (C=O) groups is 1. The van der Waals surface area contributed by atoms with E-state index in [1.54, 1.807) is 12.1 Å². The molecule has 0 unspecified atom stereocenters. The van der Waals surface area contributed by atoms with Crippen LogP contribution in [0.15, 0.2) is 34.2 Å². The van der Waals surface area contributed by atoms with Crippen molar-refractivity contribution in [1.82, 2.24) is 16.0 Å². The minimum absolute atomic E-state index is 0.0168. The summed E-state index contributed by atoms with van der Waals surface area (Å²) in [5.74, 6) is 0.792. The maximum Gasteiger partial charge on any atom is 0.223 e. The Morgan fingerprint density at radius 1 is 1.07 bits per heavy atom. The molecule has 1 aliphatic carbocycles. The minimum Gasteiger partial charge on any atom is -0.357 e. The third-order valence-electron chi connectivity index (χ3n) is 4.72. The molecule has 1 amide bonds. The van der Waals surface area contributed by atoms with Gasteiger partial charge in [0.25, 0.3) is 0 Å². The molecule has 0 bridgehead atoms. The lowest BCUT2D eigenvalue weighted by Gasteiger charge is -2.19. The third kappa shape index (κ3) is 7.68. The van der Waals surface area contributed by atoms with Gasteiger partial charge in [-0.05, 0) is 42.9 Å². The molecular weight excluding hydrogens is 388 g/mol. The number of hydrogen-bond donors (Lipinski definition) is 3. The number of hydrogen-bond acceptors (Lipinski definition) is 4. The molecule has 0 radical (unpaired) electrons. The average molecular weight is 423 g/mol. The van der Waals surface area contributed by atoms with Crippen LogP contribution in [0.1, 0.15) is 46.1 Å². The molecule has 1 saturated carbocycles. The van der Waals surface area contributed by atoms with Crippen molar-refractivity contribution < 1.29 is 13.2 Å². The van der Waals surface area contributed by atoms with Crippen molar-refractivity contribution in [1.29, 1.82) is 0 Å². The van der Waals surface area contributed by atoms with Gasteiger partial charge in [0.05, 0.1) is 17.2 Å². The number of rotatable bonds is 9. The lowest BCUT2D eigenvalue weighted by Crippen LogP contribution is -2.42. The predicted molar refractivity (Wildman–Crippen MR) is 117 cm³/mol. The standard InChI is InChI=1S/C21H34N4O3S/c1-5-22-20(24-13-12-23-19(26)16-6-7-16)25-14-15-29(27,28)18-10-8-17(9-11-18)21(2,3)4/h8-11,16H,5-7,12-15H2,1-4H3,(H,23,26)(H2,22,24,25). The fraction of sp³-hybridized carbons (Fsp3) is 0.619. The molecule has 3 N–H and O–H groups in total. The Morgan fingerprint density at radius 2 is 1.69 bits per heavy atom. The second kappa shape index (κ2) is 10.1. The number of aliphatic imine (C=N–C) groups is 1. The van der Waals surface area contributed by atoms with E-state index in [1.165, 1.54) is 0 Å². The number of nitrogens with zero attached hydrogens (tertiary/aromatic N) is 1. The zero-order valence-corrected chi connectivity index (χ0v) is 18.7. The Morgan fingerprint density at radius 3 is 2.24 bits per heavy atom. The van der Waals surface area contributed by atoms with E-state index in [0.717, 1.165) is 18.4 Å². The molecule has 1 fully saturated rings. The average Bonchev–Trinajstić information content (AvgIpc) is 3.49. The fourth-order valence-electron chi connectivity index (χ4n) is 2.76. The first kappa shape index (κ1) is 23.2. The molecule has 1 aliphatic rings. The highest BCUT2D eigenvalue weighted by Crippen LogP contribution is 2.28. The van der Waals surface area contributed by atoms with Crippen molar-refractivity contribution in [2.75, 3.05) is 31.9 Å². The van der Waals surface area contributed by atoms with Crippen LogP contribution in [-0.2, 0) is 20.0 Å². The maximum absolute atomic E-state index is 12.6. The summed E-state index contributed by atoms with van der Waals surface area (Å²) in [6, 6.07) is 7.09. The maximum atomic E-state index is 12.6. The summed E-state index contributed by atoms with van der Waals surface area (Å²) >= 11 is 0. The molecular formula is C21H34N4O3S. The van der Waals surface area contributed by atoms with Crippen molar-refractivity contribution in [2.45, 2.75) is 50.8 Å². The molecule has 8 heteroatoms.